The van der Waals surface area contributed by atoms with Crippen molar-refractivity contribution in [2.45, 2.75) is 6.92 Å². The third-order valence-electron chi connectivity index (χ3n) is 3.31. The molecule has 0 N–H and O–H groups in total. The average molecular weight is 283 g/mol. The molecule has 100 valence electrons. The molecule has 0 aromatic heterocycles. The molecule has 3 aromatic rings. The van der Waals surface area contributed by atoms with Crippen molar-refractivity contribution in [3.63, 3.8) is 0 Å². The molecule has 3 rings (SSSR count). The van der Waals surface area contributed by atoms with E-state index in [0.29, 0.717) is 6.61 Å². The van der Waals surface area contributed by atoms with Gasteiger partial charge in [-0.25, -0.2) is 0 Å². The van der Waals surface area contributed by atoms with Crippen LogP contribution in [-0.2, 0) is 0 Å². The average Bonchev–Trinajstić information content (AvgIpc) is 2.48. The van der Waals surface area contributed by atoms with Crippen molar-refractivity contribution in [1.29, 1.82) is 0 Å². The van der Waals surface area contributed by atoms with Gasteiger partial charge in [0.25, 0.3) is 0 Å². The third-order valence-corrected chi connectivity index (χ3v) is 3.64. The first-order valence-electron chi connectivity index (χ1n) is 6.69. The molecular formula is C18H15ClO. The Balaban J connectivity index is 2.08. The minimum Gasteiger partial charge on any atom is -0.494 e. The summed E-state index contributed by atoms with van der Waals surface area (Å²) in [7, 11) is 0. The van der Waals surface area contributed by atoms with Crippen LogP contribution in [-0.4, -0.2) is 6.61 Å². The van der Waals surface area contributed by atoms with Gasteiger partial charge in [0, 0.05) is 10.4 Å². The van der Waals surface area contributed by atoms with Crippen molar-refractivity contribution >= 4 is 22.4 Å². The topological polar surface area (TPSA) is 9.23 Å². The number of hydrogen-bond donors (Lipinski definition) is 0. The Kier molecular flexibility index (Phi) is 3.62. The zero-order valence-corrected chi connectivity index (χ0v) is 12.0. The molecule has 0 fully saturated rings. The lowest BCUT2D eigenvalue weighted by molar-refractivity contribution is 0.340. The van der Waals surface area contributed by atoms with Crippen molar-refractivity contribution in [2.24, 2.45) is 0 Å². The Morgan fingerprint density at radius 1 is 0.900 bits per heavy atom. The summed E-state index contributed by atoms with van der Waals surface area (Å²) in [5.41, 5.74) is 2.32. The van der Waals surface area contributed by atoms with E-state index in [1.54, 1.807) is 0 Å². The van der Waals surface area contributed by atoms with Crippen LogP contribution < -0.4 is 4.74 Å². The zero-order valence-electron chi connectivity index (χ0n) is 11.3. The Morgan fingerprint density at radius 3 is 2.55 bits per heavy atom. The van der Waals surface area contributed by atoms with Gasteiger partial charge in [-0.15, -0.1) is 0 Å². The highest BCUT2D eigenvalue weighted by Gasteiger charge is 2.03. The predicted octanol–water partition coefficient (Wildman–Crippen LogP) is 5.56. The molecule has 20 heavy (non-hydrogen) atoms. The number of halogens is 1. The van der Waals surface area contributed by atoms with E-state index in [1.807, 2.05) is 31.2 Å². The largest absolute Gasteiger partial charge is 0.494 e. The Morgan fingerprint density at radius 2 is 1.70 bits per heavy atom. The van der Waals surface area contributed by atoms with Crippen LogP contribution in [0.5, 0.6) is 5.75 Å². The van der Waals surface area contributed by atoms with Gasteiger partial charge in [0.15, 0.2) is 0 Å². The fourth-order valence-electron chi connectivity index (χ4n) is 2.36. The summed E-state index contributed by atoms with van der Waals surface area (Å²) in [6, 6.07) is 20.4. The molecule has 0 heterocycles. The molecule has 0 bridgehead atoms. The van der Waals surface area contributed by atoms with Crippen LogP contribution in [0.3, 0.4) is 0 Å². The molecule has 0 saturated carbocycles. The molecule has 0 aliphatic carbocycles. The van der Waals surface area contributed by atoms with Crippen LogP contribution in [0.25, 0.3) is 21.9 Å². The summed E-state index contributed by atoms with van der Waals surface area (Å²) in [5, 5.41) is 3.02. The van der Waals surface area contributed by atoms with Gasteiger partial charge in [-0.05, 0) is 47.7 Å². The SMILES string of the molecule is CCOc1cccc(-c2ccc3c(Cl)cccc3c2)c1. The monoisotopic (exact) mass is 282 g/mol. The summed E-state index contributed by atoms with van der Waals surface area (Å²) in [5.74, 6) is 0.899. The van der Waals surface area contributed by atoms with E-state index in [9.17, 15) is 0 Å². The Labute approximate surface area is 123 Å². The molecule has 0 unspecified atom stereocenters. The van der Waals surface area contributed by atoms with E-state index in [0.717, 1.165) is 27.1 Å². The fourth-order valence-corrected chi connectivity index (χ4v) is 2.60. The van der Waals surface area contributed by atoms with Crippen molar-refractivity contribution in [3.05, 3.63) is 65.7 Å². The van der Waals surface area contributed by atoms with E-state index in [4.69, 9.17) is 16.3 Å². The van der Waals surface area contributed by atoms with Crippen LogP contribution in [0.1, 0.15) is 6.92 Å². The molecule has 0 saturated heterocycles. The Hall–Kier alpha value is -1.99. The summed E-state index contributed by atoms with van der Waals surface area (Å²) in [6.45, 7) is 2.67. The number of fused-ring (bicyclic) bond motifs is 1. The molecule has 0 radical (unpaired) electrons. The second kappa shape index (κ2) is 5.56. The normalized spacial score (nSPS) is 10.7. The maximum atomic E-state index is 6.20. The minimum absolute atomic E-state index is 0.677. The smallest absolute Gasteiger partial charge is 0.119 e. The third kappa shape index (κ3) is 2.50. The quantitative estimate of drug-likeness (QED) is 0.611. The van der Waals surface area contributed by atoms with Gasteiger partial charge in [-0.3, -0.25) is 0 Å². The van der Waals surface area contributed by atoms with Crippen LogP contribution in [0.2, 0.25) is 5.02 Å². The van der Waals surface area contributed by atoms with Crippen LogP contribution in [0.4, 0.5) is 0 Å². The first kappa shape index (κ1) is 13.0. The van der Waals surface area contributed by atoms with E-state index >= 15 is 0 Å². The van der Waals surface area contributed by atoms with E-state index in [2.05, 4.69) is 36.4 Å². The summed E-state index contributed by atoms with van der Waals surface area (Å²) in [4.78, 5) is 0. The van der Waals surface area contributed by atoms with Gasteiger partial charge in [0.1, 0.15) is 5.75 Å². The first-order valence-corrected chi connectivity index (χ1v) is 7.07. The van der Waals surface area contributed by atoms with Gasteiger partial charge in [0.2, 0.25) is 0 Å². The lowest BCUT2D eigenvalue weighted by Gasteiger charge is -2.08. The van der Waals surface area contributed by atoms with Gasteiger partial charge in [-0.1, -0.05) is 48.0 Å². The van der Waals surface area contributed by atoms with E-state index in [-0.39, 0.29) is 0 Å². The van der Waals surface area contributed by atoms with Gasteiger partial charge in [-0.2, -0.15) is 0 Å². The van der Waals surface area contributed by atoms with E-state index in [1.165, 1.54) is 5.56 Å². The van der Waals surface area contributed by atoms with Crippen LogP contribution >= 0.6 is 11.6 Å². The standard InChI is InChI=1S/C18H15ClO/c1-2-20-16-7-3-5-13(12-16)14-9-10-17-15(11-14)6-4-8-18(17)19/h3-12H,2H2,1H3. The number of hydrogen-bond acceptors (Lipinski definition) is 1. The maximum absolute atomic E-state index is 6.20. The lowest BCUT2D eigenvalue weighted by Crippen LogP contribution is -1.91. The second-order valence-electron chi connectivity index (χ2n) is 4.64. The molecule has 1 nitrogen and oxygen atoms in total. The van der Waals surface area contributed by atoms with Crippen LogP contribution in [0, 0.1) is 0 Å². The van der Waals surface area contributed by atoms with Crippen molar-refractivity contribution in [2.75, 3.05) is 6.61 Å². The summed E-state index contributed by atoms with van der Waals surface area (Å²) < 4.78 is 5.55. The molecule has 0 aliphatic rings. The zero-order chi connectivity index (χ0) is 13.9. The Bertz CT molecular complexity index is 749. The maximum Gasteiger partial charge on any atom is 0.119 e. The van der Waals surface area contributed by atoms with E-state index < -0.39 is 0 Å². The van der Waals surface area contributed by atoms with Gasteiger partial charge in [0.05, 0.1) is 6.61 Å². The van der Waals surface area contributed by atoms with Crippen molar-refractivity contribution < 1.29 is 4.74 Å². The summed E-state index contributed by atoms with van der Waals surface area (Å²) in [6.07, 6.45) is 0. The molecule has 0 atom stereocenters. The molecular weight excluding hydrogens is 268 g/mol. The van der Waals surface area contributed by atoms with Gasteiger partial charge < -0.3 is 4.74 Å². The highest BCUT2D eigenvalue weighted by Crippen LogP contribution is 2.30. The first-order chi connectivity index (χ1) is 9.78. The molecule has 0 aliphatic heterocycles. The fraction of sp³-hybridized carbons (Fsp3) is 0.111. The summed E-state index contributed by atoms with van der Waals surface area (Å²) >= 11 is 6.20. The van der Waals surface area contributed by atoms with Crippen molar-refractivity contribution in [3.8, 4) is 16.9 Å². The molecule has 2 heteroatoms. The molecule has 0 amide bonds. The van der Waals surface area contributed by atoms with Crippen LogP contribution in [0.15, 0.2) is 60.7 Å². The van der Waals surface area contributed by atoms with Crippen molar-refractivity contribution in [1.82, 2.24) is 0 Å². The highest BCUT2D eigenvalue weighted by molar-refractivity contribution is 6.35. The van der Waals surface area contributed by atoms with Gasteiger partial charge >= 0.3 is 0 Å². The molecule has 0 spiro atoms. The second-order valence-corrected chi connectivity index (χ2v) is 5.04. The predicted molar refractivity (Wildman–Crippen MR) is 85.6 cm³/mol. The number of benzene rings is 3. The number of rotatable bonds is 3. The number of ether oxygens (including phenoxy) is 1. The molecule has 3 aromatic carbocycles. The lowest BCUT2D eigenvalue weighted by atomic mass is 10.0. The minimum atomic E-state index is 0.677. The highest BCUT2D eigenvalue weighted by atomic mass is 35.5.